The number of fused-ring (bicyclic) bond motifs is 1. The minimum atomic E-state index is -3.97. The molecule has 10 heteroatoms. The van der Waals surface area contributed by atoms with Crippen LogP contribution in [-0.2, 0) is 14.8 Å². The van der Waals surface area contributed by atoms with E-state index in [1.54, 1.807) is 0 Å². The maximum Gasteiger partial charge on any atom is 0.432 e. The van der Waals surface area contributed by atoms with Gasteiger partial charge in [-0.1, -0.05) is 12.8 Å². The van der Waals surface area contributed by atoms with Crippen molar-refractivity contribution < 1.29 is 32.3 Å². The Morgan fingerprint density at radius 3 is 2.28 bits per heavy atom. The van der Waals surface area contributed by atoms with Gasteiger partial charge >= 0.3 is 6.09 Å². The van der Waals surface area contributed by atoms with Crippen molar-refractivity contribution in [2.24, 2.45) is 11.8 Å². The van der Waals surface area contributed by atoms with Gasteiger partial charge in [-0.05, 0) is 73.7 Å². The third-order valence-corrected chi connectivity index (χ3v) is 8.01. The molecule has 0 radical (unpaired) electrons. The van der Waals surface area contributed by atoms with E-state index in [1.165, 1.54) is 58.3 Å². The molecule has 2 aromatic carbocycles. The fourth-order valence-corrected chi connectivity index (χ4v) is 6.17. The molecule has 2 N–H and O–H groups in total. The van der Waals surface area contributed by atoms with Crippen LogP contribution in [0.1, 0.15) is 32.1 Å². The first-order valence-corrected chi connectivity index (χ1v) is 12.0. The molecule has 1 saturated carbocycles. The number of ether oxygens (including phenoxy) is 2. The number of benzene rings is 2. The van der Waals surface area contributed by atoms with Gasteiger partial charge in [0.05, 0.1) is 4.90 Å². The number of sulfonamides is 1. The Bertz CT molecular complexity index is 1050. The molecular formula is C22H25FN2O6S. The van der Waals surface area contributed by atoms with E-state index < -0.39 is 22.3 Å². The molecule has 0 spiro atoms. The van der Waals surface area contributed by atoms with Crippen molar-refractivity contribution in [2.45, 2.75) is 43.2 Å². The van der Waals surface area contributed by atoms with Crippen LogP contribution < -0.4 is 10.2 Å². The molecular weight excluding hydrogens is 439 g/mol. The van der Waals surface area contributed by atoms with Gasteiger partial charge in [-0.15, -0.1) is 0 Å². The molecule has 0 aromatic heterocycles. The van der Waals surface area contributed by atoms with Crippen LogP contribution in [-0.4, -0.2) is 36.8 Å². The summed E-state index contributed by atoms with van der Waals surface area (Å²) in [7, 11) is -3.97. The quantitative estimate of drug-likeness (QED) is 0.506. The Balaban J connectivity index is 1.56. The summed E-state index contributed by atoms with van der Waals surface area (Å²) in [6, 6.07) is 11.4. The number of carbonyl (C=O) groups excluding carboxylic acids is 1. The Morgan fingerprint density at radius 2 is 1.62 bits per heavy atom. The molecule has 1 aliphatic heterocycles. The van der Waals surface area contributed by atoms with Crippen molar-refractivity contribution >= 4 is 16.1 Å². The van der Waals surface area contributed by atoms with Gasteiger partial charge in [0.1, 0.15) is 17.3 Å². The number of piperidine rings is 1. The average molecular weight is 465 g/mol. The minimum absolute atomic E-state index is 0.0382. The summed E-state index contributed by atoms with van der Waals surface area (Å²) in [6.45, 7) is 0.223. The third-order valence-electron chi connectivity index (χ3n) is 6.14. The summed E-state index contributed by atoms with van der Waals surface area (Å²) in [6.07, 6.45) is 2.36. The fraction of sp³-hybridized carbons (Fsp3) is 0.409. The summed E-state index contributed by atoms with van der Waals surface area (Å²) in [5.74, 6) is 0.592. The maximum atomic E-state index is 13.4. The molecule has 4 rings (SSSR count). The number of halogens is 1. The zero-order valence-electron chi connectivity index (χ0n) is 17.3. The van der Waals surface area contributed by atoms with Crippen LogP contribution in [0.25, 0.3) is 0 Å². The van der Waals surface area contributed by atoms with E-state index in [0.29, 0.717) is 17.9 Å². The van der Waals surface area contributed by atoms with Gasteiger partial charge in [0.2, 0.25) is 10.0 Å². The van der Waals surface area contributed by atoms with E-state index in [-0.39, 0.29) is 29.1 Å². The lowest BCUT2D eigenvalue weighted by Crippen LogP contribution is -2.54. The molecule has 8 nitrogen and oxygen atoms in total. The zero-order valence-corrected chi connectivity index (χ0v) is 18.1. The normalized spacial score (nSPS) is 23.8. The van der Waals surface area contributed by atoms with E-state index in [2.05, 4.69) is 0 Å². The van der Waals surface area contributed by atoms with E-state index >= 15 is 0 Å². The number of hydrogen-bond acceptors (Lipinski definition) is 6. The summed E-state index contributed by atoms with van der Waals surface area (Å²) in [4.78, 5) is 11.8. The van der Waals surface area contributed by atoms with Gasteiger partial charge in [0, 0.05) is 12.5 Å². The summed E-state index contributed by atoms with van der Waals surface area (Å²) < 4.78 is 52.1. The predicted molar refractivity (Wildman–Crippen MR) is 112 cm³/mol. The Labute approximate surface area is 185 Å². The van der Waals surface area contributed by atoms with E-state index in [9.17, 15) is 17.6 Å². The van der Waals surface area contributed by atoms with Gasteiger partial charge in [0.15, 0.2) is 6.23 Å². The number of hydrogen-bond donors (Lipinski definition) is 2. The smallest absolute Gasteiger partial charge is 0.432 e. The van der Waals surface area contributed by atoms with Gasteiger partial charge in [-0.25, -0.2) is 23.1 Å². The monoisotopic (exact) mass is 464 g/mol. The van der Waals surface area contributed by atoms with Crippen LogP contribution in [0.3, 0.4) is 0 Å². The summed E-state index contributed by atoms with van der Waals surface area (Å²) >= 11 is 0. The minimum Gasteiger partial charge on any atom is -0.457 e. The Morgan fingerprint density at radius 1 is 1.00 bits per heavy atom. The number of nitrogens with zero attached hydrogens (tertiary/aromatic N) is 1. The lowest BCUT2D eigenvalue weighted by atomic mass is 9.74. The van der Waals surface area contributed by atoms with Crippen molar-refractivity contribution in [3.63, 3.8) is 0 Å². The second-order valence-electron chi connectivity index (χ2n) is 8.05. The topological polar surface area (TPSA) is 105 Å². The zero-order chi connectivity index (χ0) is 22.7. The maximum absolute atomic E-state index is 13.4. The van der Waals surface area contributed by atoms with E-state index in [4.69, 9.17) is 14.7 Å². The third kappa shape index (κ3) is 4.72. The number of amides is 1. The molecule has 2 aromatic rings. The lowest BCUT2D eigenvalue weighted by Gasteiger charge is -2.45. The SMILES string of the molecule is O=C(NO)OC1C2CCCCC2CCN1S(=O)(=O)c1ccc(Oc2ccc(F)cc2)cc1. The van der Waals surface area contributed by atoms with Gasteiger partial charge in [0.25, 0.3) is 0 Å². The van der Waals surface area contributed by atoms with Crippen molar-refractivity contribution in [3.05, 3.63) is 54.3 Å². The molecule has 32 heavy (non-hydrogen) atoms. The molecule has 0 bridgehead atoms. The molecule has 1 aliphatic carbocycles. The highest BCUT2D eigenvalue weighted by Crippen LogP contribution is 2.42. The van der Waals surface area contributed by atoms with E-state index in [0.717, 1.165) is 25.7 Å². The molecule has 3 atom stereocenters. The highest BCUT2D eigenvalue weighted by Gasteiger charge is 2.46. The number of rotatable bonds is 5. The van der Waals surface area contributed by atoms with Gasteiger partial charge < -0.3 is 9.47 Å². The van der Waals surface area contributed by atoms with Crippen molar-refractivity contribution in [3.8, 4) is 11.5 Å². The van der Waals surface area contributed by atoms with Crippen LogP contribution in [0.15, 0.2) is 53.4 Å². The Kier molecular flexibility index (Phi) is 6.63. The van der Waals surface area contributed by atoms with Crippen LogP contribution in [0.5, 0.6) is 11.5 Å². The van der Waals surface area contributed by atoms with Crippen molar-refractivity contribution in [2.75, 3.05) is 6.54 Å². The van der Waals surface area contributed by atoms with E-state index in [1.807, 2.05) is 0 Å². The second kappa shape index (κ2) is 9.43. The van der Waals surface area contributed by atoms with Crippen LogP contribution in [0.2, 0.25) is 0 Å². The number of carbonyl (C=O) groups is 1. The van der Waals surface area contributed by atoms with Crippen molar-refractivity contribution in [1.82, 2.24) is 9.79 Å². The molecule has 1 amide bonds. The van der Waals surface area contributed by atoms with Gasteiger partial charge in [-0.2, -0.15) is 4.31 Å². The Hall–Kier alpha value is -2.69. The van der Waals surface area contributed by atoms with Crippen LogP contribution >= 0.6 is 0 Å². The number of nitrogens with one attached hydrogen (secondary N) is 1. The molecule has 2 fully saturated rings. The molecule has 2 aliphatic rings. The molecule has 172 valence electrons. The standard InChI is InChI=1S/C22H25FN2O6S/c23-16-5-7-17(8-6-16)30-18-9-11-19(12-10-18)32(28,29)25-14-13-15-3-1-2-4-20(15)21(25)31-22(26)24-27/h5-12,15,20-21,27H,1-4,13-14H2,(H,24,26). The number of hydroxylamine groups is 1. The van der Waals surface area contributed by atoms with Gasteiger partial charge in [-0.3, -0.25) is 5.21 Å². The predicted octanol–water partition coefficient (Wildman–Crippen LogP) is 4.26. The molecule has 1 heterocycles. The molecule has 3 unspecified atom stereocenters. The summed E-state index contributed by atoms with van der Waals surface area (Å²) in [5, 5.41) is 8.91. The second-order valence-corrected chi connectivity index (χ2v) is 9.94. The largest absolute Gasteiger partial charge is 0.457 e. The van der Waals surface area contributed by atoms with Crippen molar-refractivity contribution in [1.29, 1.82) is 0 Å². The lowest BCUT2D eigenvalue weighted by molar-refractivity contribution is -0.0756. The average Bonchev–Trinajstić information content (AvgIpc) is 2.81. The summed E-state index contributed by atoms with van der Waals surface area (Å²) in [5.41, 5.74) is 1.43. The van der Waals surface area contributed by atoms with Crippen LogP contribution in [0, 0.1) is 17.7 Å². The first kappa shape index (κ1) is 22.5. The first-order chi connectivity index (χ1) is 15.4. The van der Waals surface area contributed by atoms with Crippen LogP contribution in [0.4, 0.5) is 9.18 Å². The fourth-order valence-electron chi connectivity index (χ4n) is 4.60. The first-order valence-electron chi connectivity index (χ1n) is 10.5. The highest BCUT2D eigenvalue weighted by molar-refractivity contribution is 7.89. The highest BCUT2D eigenvalue weighted by atomic mass is 32.2. The molecule has 1 saturated heterocycles.